The number of aromatic nitrogens is 4. The van der Waals surface area contributed by atoms with E-state index in [2.05, 4.69) is 20.9 Å². The number of para-hydroxylation sites is 1. The fraction of sp³-hybridized carbons (Fsp3) is 0.100. The topological polar surface area (TPSA) is 93.8 Å². The van der Waals surface area contributed by atoms with E-state index in [1.165, 1.54) is 6.33 Å². The lowest BCUT2D eigenvalue weighted by Crippen LogP contribution is -2.41. The first kappa shape index (κ1) is 17.5. The lowest BCUT2D eigenvalue weighted by Gasteiger charge is -2.08. The van der Waals surface area contributed by atoms with Crippen LogP contribution >= 0.6 is 0 Å². The van der Waals surface area contributed by atoms with Crippen LogP contribution in [0.2, 0.25) is 0 Å². The minimum absolute atomic E-state index is 0.368. The molecule has 28 heavy (non-hydrogen) atoms. The van der Waals surface area contributed by atoms with Crippen molar-refractivity contribution in [2.75, 3.05) is 0 Å². The van der Waals surface area contributed by atoms with Gasteiger partial charge in [0.05, 0.1) is 12.1 Å². The number of rotatable bonds is 4. The molecule has 0 aliphatic rings. The maximum atomic E-state index is 12.5. The Hall–Kier alpha value is -3.94. The molecule has 0 bridgehead atoms. The first-order valence-electron chi connectivity index (χ1n) is 8.68. The van der Waals surface area contributed by atoms with Crippen molar-refractivity contribution in [2.45, 2.75) is 6.54 Å². The SMILES string of the molecule is Cn1cc(C(=O)NNC(=O)c2ccc(Cn3cncn3)cc2)c2ccccc21. The maximum Gasteiger partial charge on any atom is 0.271 e. The van der Waals surface area contributed by atoms with Crippen molar-refractivity contribution < 1.29 is 9.59 Å². The van der Waals surface area contributed by atoms with Crippen molar-refractivity contribution in [3.8, 4) is 0 Å². The zero-order valence-electron chi connectivity index (χ0n) is 15.2. The van der Waals surface area contributed by atoms with Gasteiger partial charge in [0.25, 0.3) is 11.8 Å². The third-order valence-corrected chi connectivity index (χ3v) is 4.46. The van der Waals surface area contributed by atoms with Crippen LogP contribution in [0.3, 0.4) is 0 Å². The van der Waals surface area contributed by atoms with Crippen LogP contribution in [0, 0.1) is 0 Å². The Morgan fingerprint density at radius 3 is 2.50 bits per heavy atom. The number of carbonyl (C=O) groups is 2. The van der Waals surface area contributed by atoms with E-state index in [-0.39, 0.29) is 11.8 Å². The standard InChI is InChI=1S/C20H18N6O2/c1-25-11-17(16-4-2-3-5-18(16)25)20(28)24-23-19(27)15-8-6-14(7-9-15)10-26-13-21-12-22-26/h2-9,11-13H,10H2,1H3,(H,23,27)(H,24,28). The molecule has 2 N–H and O–H groups in total. The quantitative estimate of drug-likeness (QED) is 0.534. The van der Waals surface area contributed by atoms with E-state index < -0.39 is 0 Å². The molecule has 0 saturated carbocycles. The van der Waals surface area contributed by atoms with Crippen molar-refractivity contribution in [3.05, 3.63) is 84.1 Å². The van der Waals surface area contributed by atoms with E-state index in [9.17, 15) is 9.59 Å². The van der Waals surface area contributed by atoms with Crippen LogP contribution in [0.4, 0.5) is 0 Å². The number of aryl methyl sites for hydroxylation is 1. The molecule has 2 heterocycles. The highest BCUT2D eigenvalue weighted by Crippen LogP contribution is 2.19. The van der Waals surface area contributed by atoms with E-state index in [0.29, 0.717) is 17.7 Å². The summed E-state index contributed by atoms with van der Waals surface area (Å²) in [6.45, 7) is 0.569. The first-order chi connectivity index (χ1) is 13.6. The third-order valence-electron chi connectivity index (χ3n) is 4.46. The summed E-state index contributed by atoms with van der Waals surface area (Å²) in [4.78, 5) is 28.7. The largest absolute Gasteiger partial charge is 0.350 e. The van der Waals surface area contributed by atoms with Crippen LogP contribution in [0.1, 0.15) is 26.3 Å². The van der Waals surface area contributed by atoms with Gasteiger partial charge in [-0.15, -0.1) is 0 Å². The maximum absolute atomic E-state index is 12.5. The monoisotopic (exact) mass is 374 g/mol. The normalized spacial score (nSPS) is 10.8. The number of fused-ring (bicyclic) bond motifs is 1. The molecule has 4 rings (SSSR count). The molecule has 140 valence electrons. The molecule has 2 aromatic heterocycles. The number of amides is 2. The summed E-state index contributed by atoms with van der Waals surface area (Å²) in [7, 11) is 1.87. The molecule has 0 aliphatic carbocycles. The highest BCUT2D eigenvalue weighted by Gasteiger charge is 2.14. The smallest absolute Gasteiger partial charge is 0.271 e. The molecule has 0 atom stereocenters. The van der Waals surface area contributed by atoms with E-state index >= 15 is 0 Å². The third kappa shape index (κ3) is 3.48. The number of hydrogen-bond donors (Lipinski definition) is 2. The Kier molecular flexibility index (Phi) is 4.59. The second-order valence-electron chi connectivity index (χ2n) is 6.37. The summed E-state index contributed by atoms with van der Waals surface area (Å²) in [5.74, 6) is -0.756. The molecule has 0 spiro atoms. The number of hydrazine groups is 1. The predicted molar refractivity (Wildman–Crippen MR) is 103 cm³/mol. The predicted octanol–water partition coefficient (Wildman–Crippen LogP) is 1.89. The van der Waals surface area contributed by atoms with Gasteiger partial charge in [-0.1, -0.05) is 30.3 Å². The highest BCUT2D eigenvalue weighted by molar-refractivity contribution is 6.07. The molecule has 4 aromatic rings. The average molecular weight is 374 g/mol. The van der Waals surface area contributed by atoms with E-state index in [1.54, 1.807) is 29.3 Å². The van der Waals surface area contributed by atoms with Gasteiger partial charge in [0.15, 0.2) is 0 Å². The average Bonchev–Trinajstić information content (AvgIpc) is 3.35. The molecule has 2 aromatic carbocycles. The van der Waals surface area contributed by atoms with Gasteiger partial charge in [0, 0.05) is 29.7 Å². The second kappa shape index (κ2) is 7.36. The Morgan fingerprint density at radius 2 is 1.75 bits per heavy atom. The number of nitrogens with zero attached hydrogens (tertiary/aromatic N) is 4. The molecule has 0 radical (unpaired) electrons. The van der Waals surface area contributed by atoms with Crippen molar-refractivity contribution in [1.29, 1.82) is 0 Å². The van der Waals surface area contributed by atoms with Gasteiger partial charge in [0.2, 0.25) is 0 Å². The van der Waals surface area contributed by atoms with Crippen LogP contribution < -0.4 is 10.9 Å². The zero-order valence-corrected chi connectivity index (χ0v) is 15.2. The molecule has 8 nitrogen and oxygen atoms in total. The van der Waals surface area contributed by atoms with Crippen molar-refractivity contribution >= 4 is 22.7 Å². The van der Waals surface area contributed by atoms with Crippen LogP contribution in [-0.4, -0.2) is 31.1 Å². The van der Waals surface area contributed by atoms with Gasteiger partial charge < -0.3 is 4.57 Å². The zero-order chi connectivity index (χ0) is 19.5. The Morgan fingerprint density at radius 1 is 1.00 bits per heavy atom. The molecule has 0 fully saturated rings. The molecule has 0 unspecified atom stereocenters. The van der Waals surface area contributed by atoms with Crippen LogP contribution in [0.25, 0.3) is 10.9 Å². The summed E-state index contributed by atoms with van der Waals surface area (Å²) in [5, 5.41) is 4.88. The van der Waals surface area contributed by atoms with Gasteiger partial charge in [0.1, 0.15) is 12.7 Å². The summed E-state index contributed by atoms with van der Waals surface area (Å²) >= 11 is 0. The highest BCUT2D eigenvalue weighted by atomic mass is 16.2. The lowest BCUT2D eigenvalue weighted by atomic mass is 10.1. The fourth-order valence-electron chi connectivity index (χ4n) is 3.04. The Balaban J connectivity index is 1.40. The first-order valence-corrected chi connectivity index (χ1v) is 8.68. The van der Waals surface area contributed by atoms with Crippen molar-refractivity contribution in [1.82, 2.24) is 30.2 Å². The van der Waals surface area contributed by atoms with Gasteiger partial charge in [-0.2, -0.15) is 5.10 Å². The molecule has 2 amide bonds. The summed E-state index contributed by atoms with van der Waals surface area (Å²) in [5.41, 5.74) is 7.82. The minimum Gasteiger partial charge on any atom is -0.350 e. The molecular formula is C20H18N6O2. The van der Waals surface area contributed by atoms with Crippen molar-refractivity contribution in [2.24, 2.45) is 7.05 Å². The Labute approximate surface area is 160 Å². The summed E-state index contributed by atoms with van der Waals surface area (Å²) in [6.07, 6.45) is 4.84. The van der Waals surface area contributed by atoms with Crippen molar-refractivity contribution in [3.63, 3.8) is 0 Å². The molecular weight excluding hydrogens is 356 g/mol. The minimum atomic E-state index is -0.388. The van der Waals surface area contributed by atoms with E-state index in [4.69, 9.17) is 0 Å². The number of benzene rings is 2. The number of nitrogens with one attached hydrogen (secondary N) is 2. The van der Waals surface area contributed by atoms with Crippen LogP contribution in [-0.2, 0) is 13.6 Å². The number of carbonyl (C=O) groups excluding carboxylic acids is 2. The van der Waals surface area contributed by atoms with Gasteiger partial charge in [-0.3, -0.25) is 20.4 Å². The fourth-order valence-corrected chi connectivity index (χ4v) is 3.04. The summed E-state index contributed by atoms with van der Waals surface area (Å²) < 4.78 is 3.57. The van der Waals surface area contributed by atoms with Gasteiger partial charge in [-0.05, 0) is 23.8 Å². The van der Waals surface area contributed by atoms with Crippen LogP contribution in [0.5, 0.6) is 0 Å². The number of hydrogen-bond acceptors (Lipinski definition) is 4. The van der Waals surface area contributed by atoms with E-state index in [0.717, 1.165) is 16.5 Å². The van der Waals surface area contributed by atoms with E-state index in [1.807, 2.05) is 48.0 Å². The summed E-state index contributed by atoms with van der Waals surface area (Å²) in [6, 6.07) is 14.7. The Bertz CT molecular complexity index is 1130. The van der Waals surface area contributed by atoms with Gasteiger partial charge >= 0.3 is 0 Å². The molecule has 8 heteroatoms. The molecule has 0 saturated heterocycles. The van der Waals surface area contributed by atoms with Crippen LogP contribution in [0.15, 0.2) is 67.4 Å². The second-order valence-corrected chi connectivity index (χ2v) is 6.37. The lowest BCUT2D eigenvalue weighted by molar-refractivity contribution is 0.0847. The van der Waals surface area contributed by atoms with Gasteiger partial charge in [-0.25, -0.2) is 9.67 Å². The molecule has 0 aliphatic heterocycles.